The van der Waals surface area contributed by atoms with E-state index in [-0.39, 0.29) is 0 Å². The van der Waals surface area contributed by atoms with Gasteiger partial charge in [-0.1, -0.05) is 218 Å². The van der Waals surface area contributed by atoms with E-state index in [1.165, 1.54) is 56.5 Å². The first-order valence-electron chi connectivity index (χ1n) is 17.1. The minimum Gasteiger partial charge on any atom is -0.177 e. The Kier molecular flexibility index (Phi) is 8.73. The molecule has 0 heterocycles. The van der Waals surface area contributed by atoms with Crippen LogP contribution in [0.2, 0.25) is 0 Å². The molecule has 0 atom stereocenters. The van der Waals surface area contributed by atoms with Crippen molar-refractivity contribution >= 4 is 20.9 Å². The van der Waals surface area contributed by atoms with Crippen molar-refractivity contribution < 1.29 is 0 Å². The van der Waals surface area contributed by atoms with Gasteiger partial charge in [0, 0.05) is 20.2 Å². The molecule has 0 saturated heterocycles. The van der Waals surface area contributed by atoms with Gasteiger partial charge in [-0.05, 0) is 54.5 Å². The molecule has 0 radical (unpaired) electrons. The molecule has 8 aromatic rings. The van der Waals surface area contributed by atoms with Crippen molar-refractivity contribution in [3.63, 3.8) is 0 Å². The van der Waals surface area contributed by atoms with Gasteiger partial charge in [0.1, 0.15) is 0 Å². The van der Waals surface area contributed by atoms with Crippen molar-refractivity contribution in [1.82, 2.24) is 0 Å². The quantitative estimate of drug-likeness (QED) is 0.148. The van der Waals surface area contributed by atoms with Gasteiger partial charge in [0.15, 0.2) is 0 Å². The molecule has 0 amide bonds. The van der Waals surface area contributed by atoms with Crippen LogP contribution in [0.1, 0.15) is 0 Å². The summed E-state index contributed by atoms with van der Waals surface area (Å²) < 4.78 is 0. The highest BCUT2D eigenvalue weighted by atomic mass is 32.3. The summed E-state index contributed by atoms with van der Waals surface area (Å²) in [6, 6.07) is 82.6. The Morgan fingerprint density at radius 3 is 1.10 bits per heavy atom. The van der Waals surface area contributed by atoms with Gasteiger partial charge in [-0.15, -0.1) is 0 Å². The lowest BCUT2D eigenvalue weighted by molar-refractivity contribution is 1.10. The molecule has 0 unspecified atom stereocenters. The lowest BCUT2D eigenvalue weighted by Crippen LogP contribution is -2.23. The number of hydrogen-bond acceptors (Lipinski definition) is 1. The summed E-state index contributed by atoms with van der Waals surface area (Å²) in [7, 11) is -3.67. The molecule has 0 spiro atoms. The van der Waals surface area contributed by atoms with E-state index in [1.54, 1.807) is 0 Å². The first-order chi connectivity index (χ1) is 24.8. The molecule has 50 heavy (non-hydrogen) atoms. The summed E-state index contributed by atoms with van der Waals surface area (Å²) in [6.07, 6.45) is 0. The van der Waals surface area contributed by atoms with Gasteiger partial charge in [-0.25, -0.2) is 0 Å². The summed E-state index contributed by atoms with van der Waals surface area (Å²) in [5.74, 6) is 0. The van der Waals surface area contributed by atoms with Crippen LogP contribution in [0.25, 0.3) is 22.3 Å². The van der Waals surface area contributed by atoms with Gasteiger partial charge >= 0.3 is 0 Å². The zero-order chi connectivity index (χ0) is 33.7. The summed E-state index contributed by atoms with van der Waals surface area (Å²) in [6.45, 7) is 0. The second-order valence-corrected chi connectivity index (χ2v) is 18.3. The van der Waals surface area contributed by atoms with Crippen LogP contribution in [-0.4, -0.2) is 0 Å². The molecule has 0 aliphatic rings. The molecule has 0 N–H and O–H groups in total. The van der Waals surface area contributed by atoms with Gasteiger partial charge < -0.3 is 0 Å². The molecule has 0 bridgehead atoms. The maximum Gasteiger partial charge on any atom is 0.0240 e. The number of benzene rings is 8. The molecule has 0 aliphatic heterocycles. The van der Waals surface area contributed by atoms with Gasteiger partial charge in [0.2, 0.25) is 0 Å². The van der Waals surface area contributed by atoms with E-state index in [1.807, 2.05) is 11.8 Å². The second-order valence-electron chi connectivity index (χ2n) is 12.4. The third-order valence-corrected chi connectivity index (χ3v) is 17.8. The Balaban J connectivity index is 1.50. The van der Waals surface area contributed by atoms with Crippen LogP contribution in [0.3, 0.4) is 0 Å². The third-order valence-electron chi connectivity index (χ3n) is 9.83. The molecule has 0 fully saturated rings. The van der Waals surface area contributed by atoms with E-state index in [0.29, 0.717) is 0 Å². The minimum absolute atomic E-state index is 1.21. The van der Waals surface area contributed by atoms with Crippen LogP contribution < -0.4 is 0 Å². The van der Waals surface area contributed by atoms with E-state index in [4.69, 9.17) is 0 Å². The van der Waals surface area contributed by atoms with Crippen molar-refractivity contribution in [2.45, 2.75) is 34.3 Å². The lowest BCUT2D eigenvalue weighted by atomic mass is 9.94. The Morgan fingerprint density at radius 1 is 0.280 bits per heavy atom. The maximum atomic E-state index is 2.41. The second kappa shape index (κ2) is 13.8. The molecule has 2 heteroatoms. The highest BCUT2D eigenvalue weighted by Gasteiger charge is 2.51. The predicted molar refractivity (Wildman–Crippen MR) is 214 cm³/mol. The summed E-state index contributed by atoms with van der Waals surface area (Å²) >= 11 is 1.88. The van der Waals surface area contributed by atoms with Crippen LogP contribution in [0.15, 0.2) is 259 Å². The molecular formula is C48H38S2. The zero-order valence-corrected chi connectivity index (χ0v) is 29.4. The van der Waals surface area contributed by atoms with Crippen LogP contribution in [0.5, 0.6) is 0 Å². The van der Waals surface area contributed by atoms with Crippen LogP contribution >= 0.6 is 20.9 Å². The fraction of sp³-hybridized carbons (Fsp3) is 0. The molecule has 8 aromatic carbocycles. The monoisotopic (exact) mass is 678 g/mol. The zero-order valence-electron chi connectivity index (χ0n) is 27.7. The molecule has 0 aliphatic carbocycles. The fourth-order valence-corrected chi connectivity index (χ4v) is 16.4. The van der Waals surface area contributed by atoms with Crippen molar-refractivity contribution in [2.24, 2.45) is 0 Å². The van der Waals surface area contributed by atoms with E-state index in [9.17, 15) is 0 Å². The number of hydrogen-bond donors (Lipinski definition) is 1. The van der Waals surface area contributed by atoms with Crippen molar-refractivity contribution in [3.8, 4) is 22.3 Å². The standard InChI is InChI=1S/C48H38S2/c1-7-22-38(23-8-1)44-34-21-36-46(48(44)39-24-9-2-10-25-39)49-45-35-19-20-37-47(45)50(40-26-11-3-12-27-40,41-28-13-4-14-29-41,42-30-15-5-16-31-42)43-32-17-6-18-33-43/h1-37,50H. The molecule has 0 nitrogen and oxygen atoms in total. The van der Waals surface area contributed by atoms with Gasteiger partial charge in [0.05, 0.1) is 0 Å². The smallest absolute Gasteiger partial charge is 0.0240 e. The molecular weight excluding hydrogens is 641 g/mol. The van der Waals surface area contributed by atoms with Crippen molar-refractivity contribution in [2.75, 3.05) is 0 Å². The highest BCUT2D eigenvalue weighted by Crippen LogP contribution is 2.94. The predicted octanol–water partition coefficient (Wildman–Crippen LogP) is 13.8. The summed E-state index contributed by atoms with van der Waals surface area (Å²) in [4.78, 5) is 9.07. The van der Waals surface area contributed by atoms with Crippen molar-refractivity contribution in [3.05, 3.63) is 224 Å². The largest absolute Gasteiger partial charge is 0.177 e. The SMILES string of the molecule is c1ccc(-c2cccc(Sc3ccccc3[SH](c3ccccc3)(c3ccccc3)(c3ccccc3)c3ccccc3)c2-c2ccccc2)cc1. The minimum atomic E-state index is -3.67. The summed E-state index contributed by atoms with van der Waals surface area (Å²) in [5, 5.41) is 0. The van der Waals surface area contributed by atoms with E-state index >= 15 is 0 Å². The van der Waals surface area contributed by atoms with Gasteiger partial charge in [-0.3, -0.25) is 0 Å². The molecule has 8 rings (SSSR count). The van der Waals surface area contributed by atoms with E-state index in [2.05, 4.69) is 224 Å². The van der Waals surface area contributed by atoms with Gasteiger partial charge in [-0.2, -0.15) is 9.16 Å². The Labute approximate surface area is 300 Å². The van der Waals surface area contributed by atoms with E-state index in [0.717, 1.165) is 0 Å². The number of thiol groups is 1. The maximum absolute atomic E-state index is 3.67. The fourth-order valence-electron chi connectivity index (χ4n) is 7.76. The Bertz CT molecular complexity index is 2150. The van der Waals surface area contributed by atoms with Gasteiger partial charge in [0.25, 0.3) is 0 Å². The van der Waals surface area contributed by atoms with Crippen molar-refractivity contribution in [1.29, 1.82) is 0 Å². The molecule has 0 saturated carbocycles. The van der Waals surface area contributed by atoms with Crippen LogP contribution in [0, 0.1) is 0 Å². The third kappa shape index (κ3) is 5.11. The van der Waals surface area contributed by atoms with E-state index < -0.39 is 9.16 Å². The Hall–Kier alpha value is -5.54. The lowest BCUT2D eigenvalue weighted by Gasteiger charge is -2.64. The highest BCUT2D eigenvalue weighted by molar-refractivity contribution is 8.49. The normalized spacial score (nSPS) is 12.1. The van der Waals surface area contributed by atoms with Crippen LogP contribution in [-0.2, 0) is 0 Å². The summed E-state index contributed by atoms with van der Waals surface area (Å²) in [5.41, 5.74) is 4.90. The molecule has 0 aromatic heterocycles. The first kappa shape index (κ1) is 31.7. The topological polar surface area (TPSA) is 0 Å². The molecule has 242 valence electrons. The average Bonchev–Trinajstić information content (AvgIpc) is 3.21. The number of rotatable bonds is 9. The van der Waals surface area contributed by atoms with Crippen LogP contribution in [0.4, 0.5) is 0 Å². The average molecular weight is 679 g/mol. The Morgan fingerprint density at radius 2 is 0.640 bits per heavy atom. The first-order valence-corrected chi connectivity index (χ1v) is 20.1.